The van der Waals surface area contributed by atoms with Crippen molar-refractivity contribution >= 4 is 23.4 Å². The van der Waals surface area contributed by atoms with Gasteiger partial charge in [0.1, 0.15) is 29.9 Å². The van der Waals surface area contributed by atoms with E-state index in [2.05, 4.69) is 26.8 Å². The van der Waals surface area contributed by atoms with Gasteiger partial charge in [0.2, 0.25) is 12.2 Å². The van der Waals surface area contributed by atoms with Gasteiger partial charge in [-0.25, -0.2) is 15.0 Å². The smallest absolute Gasteiger partial charge is 0.211 e. The molecule has 0 bridgehead atoms. The van der Waals surface area contributed by atoms with Crippen LogP contribution in [0.4, 0.5) is 5.82 Å². The number of hydrogen-bond donors (Lipinski definition) is 5. The molecule has 6 atom stereocenters. The molecule has 1 aliphatic heterocycles. The monoisotopic (exact) mass is 468 g/mol. The molecule has 0 saturated carbocycles. The summed E-state index contributed by atoms with van der Waals surface area (Å²) in [4.78, 5) is 24.8. The lowest BCUT2D eigenvalue weighted by Gasteiger charge is -2.28. The fraction of sp³-hybridized carbons (Fsp3) is 0.364. The maximum absolute atomic E-state index is 11.2. The number of benzene rings is 1. The summed E-state index contributed by atoms with van der Waals surface area (Å²) in [5.41, 5.74) is 6.99. The maximum atomic E-state index is 11.2. The molecule has 1 fully saturated rings. The molecule has 1 saturated heterocycles. The summed E-state index contributed by atoms with van der Waals surface area (Å²) >= 11 is 0. The Hall–Kier alpha value is -3.60. The number of fused-ring (bicyclic) bond motifs is 1. The predicted molar refractivity (Wildman–Crippen MR) is 118 cm³/mol. The second-order valence-corrected chi connectivity index (χ2v) is 7.66. The predicted octanol–water partition coefficient (Wildman–Crippen LogP) is -1.09. The van der Waals surface area contributed by atoms with Gasteiger partial charge in [-0.2, -0.15) is 0 Å². The third-order valence-electron chi connectivity index (χ3n) is 5.57. The lowest BCUT2D eigenvalue weighted by atomic mass is 10.1. The SMILES string of the molecule is CCN(C=O)C(O)[C@H]1O[C@@H](n2cnc3c(N)nc(C#CC(O)c4ccccc4)nc32)[C@H](O)[C@@H]1O. The molecule has 12 heteroatoms. The van der Waals surface area contributed by atoms with Crippen LogP contribution in [0.15, 0.2) is 36.7 Å². The maximum Gasteiger partial charge on any atom is 0.211 e. The van der Waals surface area contributed by atoms with Crippen LogP contribution in [0.2, 0.25) is 0 Å². The van der Waals surface area contributed by atoms with Gasteiger partial charge in [-0.3, -0.25) is 9.36 Å². The van der Waals surface area contributed by atoms with Gasteiger partial charge in [0.05, 0.1) is 6.33 Å². The summed E-state index contributed by atoms with van der Waals surface area (Å²) in [6.45, 7) is 1.82. The summed E-state index contributed by atoms with van der Waals surface area (Å²) in [7, 11) is 0. The van der Waals surface area contributed by atoms with Gasteiger partial charge in [-0.15, -0.1) is 0 Å². The third kappa shape index (κ3) is 4.30. The number of aromatic nitrogens is 4. The number of aliphatic hydroxyl groups excluding tert-OH is 4. The zero-order valence-corrected chi connectivity index (χ0v) is 18.1. The number of carbonyl (C=O) groups excluding carboxylic acids is 1. The van der Waals surface area contributed by atoms with E-state index in [9.17, 15) is 25.2 Å². The van der Waals surface area contributed by atoms with Crippen molar-refractivity contribution in [3.05, 3.63) is 48.0 Å². The molecule has 3 heterocycles. The summed E-state index contributed by atoms with van der Waals surface area (Å²) < 4.78 is 7.05. The van der Waals surface area contributed by atoms with Crippen molar-refractivity contribution in [2.24, 2.45) is 0 Å². The largest absolute Gasteiger partial charge is 0.387 e. The van der Waals surface area contributed by atoms with Gasteiger partial charge in [0.25, 0.3) is 0 Å². The number of nitrogen functional groups attached to an aromatic ring is 1. The lowest BCUT2D eigenvalue weighted by Crippen LogP contribution is -2.48. The van der Waals surface area contributed by atoms with Crippen LogP contribution in [-0.4, -0.2) is 82.3 Å². The lowest BCUT2D eigenvalue weighted by molar-refractivity contribution is -0.152. The molecule has 1 amide bonds. The van der Waals surface area contributed by atoms with Gasteiger partial charge in [0.15, 0.2) is 23.9 Å². The van der Waals surface area contributed by atoms with Crippen LogP contribution in [0.3, 0.4) is 0 Å². The highest BCUT2D eigenvalue weighted by atomic mass is 16.6. The standard InChI is InChI=1S/C22H24N6O6/c1-2-27(11-29)21(33)18-16(31)17(32)22(34-18)28-10-24-15-19(23)25-14(26-20(15)28)9-8-13(30)12-6-4-3-5-7-12/h3-7,10-11,13,16-18,21-22,30-33H,2H2,1H3,(H2,23,25,26)/t13?,16-,17+,18-,21?,22+/m0/s1. The van der Waals surface area contributed by atoms with E-state index in [0.717, 1.165) is 4.90 Å². The van der Waals surface area contributed by atoms with Gasteiger partial charge >= 0.3 is 0 Å². The highest BCUT2D eigenvalue weighted by Crippen LogP contribution is 2.34. The number of hydrogen-bond acceptors (Lipinski definition) is 10. The highest BCUT2D eigenvalue weighted by Gasteiger charge is 2.48. The average molecular weight is 468 g/mol. The van der Waals surface area contributed by atoms with Crippen molar-refractivity contribution < 1.29 is 30.0 Å². The zero-order chi connectivity index (χ0) is 24.4. The first kappa shape index (κ1) is 23.6. The minimum atomic E-state index is -1.49. The van der Waals surface area contributed by atoms with Crippen molar-refractivity contribution in [2.75, 3.05) is 12.3 Å². The molecule has 34 heavy (non-hydrogen) atoms. The molecule has 2 unspecified atom stereocenters. The van der Waals surface area contributed by atoms with E-state index in [1.807, 2.05) is 6.07 Å². The van der Waals surface area contributed by atoms with E-state index in [1.165, 1.54) is 10.9 Å². The Morgan fingerprint density at radius 2 is 1.97 bits per heavy atom. The van der Waals surface area contributed by atoms with Crippen molar-refractivity contribution in [2.45, 2.75) is 43.8 Å². The second-order valence-electron chi connectivity index (χ2n) is 7.66. The highest BCUT2D eigenvalue weighted by molar-refractivity contribution is 5.82. The number of ether oxygens (including phenoxy) is 1. The van der Waals surface area contributed by atoms with Gasteiger partial charge in [-0.1, -0.05) is 36.3 Å². The number of carbonyl (C=O) groups is 1. The first-order chi connectivity index (χ1) is 16.3. The zero-order valence-electron chi connectivity index (χ0n) is 18.1. The minimum Gasteiger partial charge on any atom is -0.387 e. The molecule has 3 aromatic rings. The van der Waals surface area contributed by atoms with Crippen LogP contribution < -0.4 is 5.73 Å². The van der Waals surface area contributed by atoms with Crippen molar-refractivity contribution in [3.8, 4) is 11.8 Å². The van der Waals surface area contributed by atoms with Crippen LogP contribution in [0, 0.1) is 11.8 Å². The van der Waals surface area contributed by atoms with Crippen molar-refractivity contribution in [1.82, 2.24) is 24.4 Å². The average Bonchev–Trinajstić information content (AvgIpc) is 3.40. The molecule has 178 valence electrons. The van der Waals surface area contributed by atoms with Crippen LogP contribution in [0.5, 0.6) is 0 Å². The van der Waals surface area contributed by atoms with Crippen LogP contribution >= 0.6 is 0 Å². The van der Waals surface area contributed by atoms with Gasteiger partial charge in [0, 0.05) is 6.54 Å². The summed E-state index contributed by atoms with van der Waals surface area (Å²) in [6, 6.07) is 8.83. The Balaban J connectivity index is 1.65. The first-order valence-corrected chi connectivity index (χ1v) is 10.5. The first-order valence-electron chi connectivity index (χ1n) is 10.5. The summed E-state index contributed by atoms with van der Waals surface area (Å²) in [5.74, 6) is 5.36. The fourth-order valence-electron chi connectivity index (χ4n) is 3.71. The summed E-state index contributed by atoms with van der Waals surface area (Å²) in [6.07, 6.45) is -6.24. The number of amides is 1. The Labute approximate surface area is 194 Å². The molecule has 1 aromatic carbocycles. The van der Waals surface area contributed by atoms with Gasteiger partial charge in [-0.05, 0) is 18.4 Å². The molecule has 1 aliphatic rings. The molecular weight excluding hydrogens is 444 g/mol. The molecule has 2 aromatic heterocycles. The van der Waals surface area contributed by atoms with Crippen LogP contribution in [0.25, 0.3) is 11.2 Å². The molecular formula is C22H24N6O6. The molecule has 0 aliphatic carbocycles. The number of anilines is 1. The van der Waals surface area contributed by atoms with E-state index in [4.69, 9.17) is 10.5 Å². The van der Waals surface area contributed by atoms with E-state index in [0.29, 0.717) is 12.0 Å². The Kier molecular flexibility index (Phi) is 6.73. The van der Waals surface area contributed by atoms with E-state index < -0.39 is 36.9 Å². The van der Waals surface area contributed by atoms with Crippen LogP contribution in [0.1, 0.15) is 30.6 Å². The molecule has 12 nitrogen and oxygen atoms in total. The number of likely N-dealkylation sites (N-methyl/N-ethyl adjacent to an activating group) is 1. The van der Waals surface area contributed by atoms with E-state index in [1.54, 1.807) is 31.2 Å². The molecule has 0 radical (unpaired) electrons. The number of aliphatic hydroxyl groups is 4. The third-order valence-corrected chi connectivity index (χ3v) is 5.57. The molecule has 6 N–H and O–H groups in total. The van der Waals surface area contributed by atoms with E-state index >= 15 is 0 Å². The van der Waals surface area contributed by atoms with E-state index in [-0.39, 0.29) is 29.4 Å². The number of rotatable bonds is 6. The van der Waals surface area contributed by atoms with Crippen LogP contribution in [-0.2, 0) is 9.53 Å². The second kappa shape index (κ2) is 9.72. The van der Waals surface area contributed by atoms with Gasteiger partial charge < -0.3 is 35.8 Å². The Morgan fingerprint density at radius 3 is 2.65 bits per heavy atom. The molecule has 0 spiro atoms. The minimum absolute atomic E-state index is 0.00413. The van der Waals surface area contributed by atoms with Crippen molar-refractivity contribution in [1.29, 1.82) is 0 Å². The molecule has 4 rings (SSSR count). The number of nitrogens with two attached hydrogens (primary N) is 1. The normalized spacial score (nSPS) is 23.8. The van der Waals surface area contributed by atoms with Crippen molar-refractivity contribution in [3.63, 3.8) is 0 Å². The fourth-order valence-corrected chi connectivity index (χ4v) is 3.71. The number of nitrogens with zero attached hydrogens (tertiary/aromatic N) is 5. The quantitative estimate of drug-likeness (QED) is 0.169. The number of imidazole rings is 1. The topological polar surface area (TPSA) is 180 Å². The Morgan fingerprint density at radius 1 is 1.24 bits per heavy atom. The Bertz CT molecular complexity index is 1230. The summed E-state index contributed by atoms with van der Waals surface area (Å²) in [5, 5.41) is 41.7.